The maximum Gasteiger partial charge on any atom is 0.303 e. The van der Waals surface area contributed by atoms with Crippen LogP contribution in [0.2, 0.25) is 5.02 Å². The van der Waals surface area contributed by atoms with Crippen molar-refractivity contribution < 1.29 is 15.0 Å². The molecule has 0 bridgehead atoms. The second kappa shape index (κ2) is 18.8. The van der Waals surface area contributed by atoms with Gasteiger partial charge < -0.3 is 10.2 Å². The summed E-state index contributed by atoms with van der Waals surface area (Å²) in [6.45, 7) is 10.5. The Labute approximate surface area is 258 Å². The van der Waals surface area contributed by atoms with Crippen LogP contribution in [0.5, 0.6) is 5.75 Å². The number of unbranched alkanes of at least 4 members (excludes halogenated alkanes) is 14. The lowest BCUT2D eigenvalue weighted by Crippen LogP contribution is -2.13. The Morgan fingerprint density at radius 3 is 1.79 bits per heavy atom. The first-order valence-electron chi connectivity index (χ1n) is 16.1. The molecule has 0 aliphatic rings. The molecule has 3 rings (SSSR count). The van der Waals surface area contributed by atoms with Gasteiger partial charge in [0.05, 0.1) is 0 Å². The van der Waals surface area contributed by atoms with Crippen LogP contribution in [0, 0.1) is 6.92 Å². The van der Waals surface area contributed by atoms with Crippen molar-refractivity contribution in [2.45, 2.75) is 143 Å². The molecule has 2 N–H and O–H groups in total. The monoisotopic (exact) mass is 599 g/mol. The van der Waals surface area contributed by atoms with Gasteiger partial charge in [0.15, 0.2) is 0 Å². The summed E-state index contributed by atoms with van der Waals surface area (Å²) in [5.74, 6) is -0.441. The van der Waals surface area contributed by atoms with Gasteiger partial charge in [-0.1, -0.05) is 135 Å². The van der Waals surface area contributed by atoms with Gasteiger partial charge in [0.1, 0.15) is 22.5 Å². The number of phenolic OH excluding ortho intramolecular Hbond substituents is 1. The van der Waals surface area contributed by atoms with Gasteiger partial charge in [-0.3, -0.25) is 4.79 Å². The van der Waals surface area contributed by atoms with Crippen molar-refractivity contribution in [2.24, 2.45) is 0 Å². The number of phenols is 1. The Balaban J connectivity index is 0.000000296. The summed E-state index contributed by atoms with van der Waals surface area (Å²) in [5.41, 5.74) is 3.78. The summed E-state index contributed by atoms with van der Waals surface area (Å²) in [6.07, 6.45) is 20.2. The van der Waals surface area contributed by atoms with Gasteiger partial charge in [-0.05, 0) is 48.6 Å². The molecule has 0 radical (unpaired) electrons. The van der Waals surface area contributed by atoms with E-state index in [1.165, 1.54) is 88.3 Å². The smallest absolute Gasteiger partial charge is 0.303 e. The molecule has 0 aliphatic heterocycles. The Morgan fingerprint density at radius 2 is 1.29 bits per heavy atom. The average molecular weight is 600 g/mol. The normalized spacial score (nSPS) is 11.5. The van der Waals surface area contributed by atoms with Gasteiger partial charge in [-0.15, -0.1) is 15.0 Å². The van der Waals surface area contributed by atoms with Crippen LogP contribution < -0.4 is 0 Å². The number of aromatic hydroxyl groups is 1. The van der Waals surface area contributed by atoms with Crippen LogP contribution in [0.25, 0.3) is 16.7 Å². The molecule has 0 spiro atoms. The van der Waals surface area contributed by atoms with Gasteiger partial charge in [0.2, 0.25) is 0 Å². The number of fused-ring (bicyclic) bond motifs is 1. The van der Waals surface area contributed by atoms with Crippen LogP contribution in [0.1, 0.15) is 142 Å². The van der Waals surface area contributed by atoms with Crippen molar-refractivity contribution in [3.63, 3.8) is 0 Å². The summed E-state index contributed by atoms with van der Waals surface area (Å²) in [5, 5.41) is 28.7. The van der Waals surface area contributed by atoms with Crippen LogP contribution in [0.3, 0.4) is 0 Å². The first kappa shape index (κ1) is 35.6. The van der Waals surface area contributed by atoms with Gasteiger partial charge in [0, 0.05) is 17.0 Å². The molecule has 0 saturated carbocycles. The molecule has 234 valence electrons. The lowest BCUT2D eigenvalue weighted by atomic mass is 9.85. The molecular formula is C35H54ClN3O3. The number of rotatable bonds is 17. The molecule has 0 unspecified atom stereocenters. The van der Waals surface area contributed by atoms with E-state index < -0.39 is 5.97 Å². The zero-order valence-corrected chi connectivity index (χ0v) is 27.5. The predicted octanol–water partition coefficient (Wildman–Crippen LogP) is 10.7. The van der Waals surface area contributed by atoms with Crippen LogP contribution in [-0.4, -0.2) is 31.2 Å². The van der Waals surface area contributed by atoms with Crippen molar-refractivity contribution in [3.05, 3.63) is 46.5 Å². The van der Waals surface area contributed by atoms with E-state index in [1.807, 2.05) is 25.1 Å². The van der Waals surface area contributed by atoms with E-state index in [4.69, 9.17) is 16.7 Å². The Hall–Kier alpha value is -2.60. The SMILES string of the molecule is CCCCCCCCCCCCCCCCCC(=O)O.Cc1cc(-n2nc3ccc(Cl)cc3n2)c(O)c(C(C)(C)C)c1. The summed E-state index contributed by atoms with van der Waals surface area (Å²) >= 11 is 5.99. The van der Waals surface area contributed by atoms with E-state index in [-0.39, 0.29) is 11.2 Å². The standard InChI is InChI=1S/C18H36O2.C17H18ClN3O/c1-2-3-4-5-6-7-8-9-10-11-12-13-14-15-16-17-18(19)20;1-10-7-12(17(2,3)4)16(22)15(8-10)21-19-13-6-5-11(18)9-14(13)20-21/h2-17H2,1H3,(H,19,20);5-9,22H,1-4H3. The summed E-state index contributed by atoms with van der Waals surface area (Å²) in [4.78, 5) is 11.8. The third kappa shape index (κ3) is 13.1. The highest BCUT2D eigenvalue weighted by Gasteiger charge is 2.22. The van der Waals surface area contributed by atoms with E-state index in [2.05, 4.69) is 37.9 Å². The third-order valence-electron chi connectivity index (χ3n) is 7.59. The lowest BCUT2D eigenvalue weighted by molar-refractivity contribution is -0.137. The summed E-state index contributed by atoms with van der Waals surface area (Å²) in [7, 11) is 0. The molecule has 7 heteroatoms. The zero-order chi connectivity index (χ0) is 31.0. The summed E-state index contributed by atoms with van der Waals surface area (Å²) in [6, 6.07) is 9.24. The fourth-order valence-electron chi connectivity index (χ4n) is 5.13. The molecule has 0 amide bonds. The molecule has 42 heavy (non-hydrogen) atoms. The maximum absolute atomic E-state index is 10.7. The molecule has 6 nitrogen and oxygen atoms in total. The molecular weight excluding hydrogens is 546 g/mol. The lowest BCUT2D eigenvalue weighted by Gasteiger charge is -2.22. The number of hydrogen-bond donors (Lipinski definition) is 2. The number of carbonyl (C=O) groups is 1. The van der Waals surface area contributed by atoms with E-state index in [1.54, 1.807) is 12.1 Å². The highest BCUT2D eigenvalue weighted by Crippen LogP contribution is 2.36. The van der Waals surface area contributed by atoms with Crippen LogP contribution in [-0.2, 0) is 10.2 Å². The highest BCUT2D eigenvalue weighted by molar-refractivity contribution is 6.31. The van der Waals surface area contributed by atoms with Gasteiger partial charge in [-0.25, -0.2) is 0 Å². The van der Waals surface area contributed by atoms with Crippen LogP contribution in [0.15, 0.2) is 30.3 Å². The van der Waals surface area contributed by atoms with E-state index in [0.29, 0.717) is 22.6 Å². The van der Waals surface area contributed by atoms with Crippen molar-refractivity contribution in [1.82, 2.24) is 15.0 Å². The zero-order valence-electron chi connectivity index (χ0n) is 26.7. The third-order valence-corrected chi connectivity index (χ3v) is 7.83. The molecule has 3 aromatic rings. The Kier molecular flexibility index (Phi) is 16.0. The average Bonchev–Trinajstić information content (AvgIpc) is 3.34. The molecule has 0 aliphatic carbocycles. The van der Waals surface area contributed by atoms with Crippen molar-refractivity contribution in [3.8, 4) is 11.4 Å². The molecule has 0 saturated heterocycles. The van der Waals surface area contributed by atoms with Crippen LogP contribution >= 0.6 is 11.6 Å². The minimum atomic E-state index is -0.653. The fourth-order valence-corrected chi connectivity index (χ4v) is 5.29. The van der Waals surface area contributed by atoms with Crippen molar-refractivity contribution >= 4 is 28.6 Å². The topological polar surface area (TPSA) is 88.2 Å². The minimum Gasteiger partial charge on any atom is -0.505 e. The van der Waals surface area contributed by atoms with Gasteiger partial charge in [0.25, 0.3) is 0 Å². The maximum atomic E-state index is 10.7. The molecule has 2 aromatic carbocycles. The largest absolute Gasteiger partial charge is 0.505 e. The Bertz CT molecular complexity index is 1220. The first-order valence-corrected chi connectivity index (χ1v) is 16.5. The van der Waals surface area contributed by atoms with Gasteiger partial charge >= 0.3 is 5.97 Å². The second-order valence-corrected chi connectivity index (χ2v) is 13.1. The van der Waals surface area contributed by atoms with Gasteiger partial charge in [-0.2, -0.15) is 0 Å². The number of halogens is 1. The number of aliphatic carboxylic acids is 1. The number of nitrogens with zero attached hydrogens (tertiary/aromatic N) is 3. The number of aryl methyl sites for hydroxylation is 1. The van der Waals surface area contributed by atoms with E-state index >= 15 is 0 Å². The molecule has 0 atom stereocenters. The van der Waals surface area contributed by atoms with Crippen molar-refractivity contribution in [2.75, 3.05) is 0 Å². The second-order valence-electron chi connectivity index (χ2n) is 12.6. The highest BCUT2D eigenvalue weighted by atomic mass is 35.5. The minimum absolute atomic E-state index is 0.166. The number of hydrogen-bond acceptors (Lipinski definition) is 4. The molecule has 0 fully saturated rings. The molecule has 1 aromatic heterocycles. The number of carboxylic acids is 1. The van der Waals surface area contributed by atoms with E-state index in [9.17, 15) is 9.90 Å². The van der Waals surface area contributed by atoms with Crippen LogP contribution in [0.4, 0.5) is 0 Å². The first-order chi connectivity index (χ1) is 20.0. The number of aromatic nitrogens is 3. The number of carboxylic acid groups (broad SMARTS) is 1. The van der Waals surface area contributed by atoms with E-state index in [0.717, 1.165) is 29.5 Å². The summed E-state index contributed by atoms with van der Waals surface area (Å²) < 4.78 is 0. The quantitative estimate of drug-likeness (QED) is 0.151. The fraction of sp³-hybridized carbons (Fsp3) is 0.629. The Morgan fingerprint density at radius 1 is 0.786 bits per heavy atom. The predicted molar refractivity (Wildman–Crippen MR) is 176 cm³/mol. The molecule has 1 heterocycles. The number of benzene rings is 2. The van der Waals surface area contributed by atoms with Crippen molar-refractivity contribution in [1.29, 1.82) is 0 Å².